The molecule has 5 heteroatoms. The summed E-state index contributed by atoms with van der Waals surface area (Å²) in [5, 5.41) is 0. The van der Waals surface area contributed by atoms with Crippen molar-refractivity contribution in [2.24, 2.45) is 0 Å². The number of ether oxygens (including phenoxy) is 1. The minimum Gasteiger partial charge on any atom is -0.375 e. The van der Waals surface area contributed by atoms with E-state index in [0.717, 1.165) is 52.2 Å². The first-order valence-corrected chi connectivity index (χ1v) is 7.92. The number of carbonyl (C=O) groups is 1. The molecule has 1 amide bonds. The van der Waals surface area contributed by atoms with Gasteiger partial charge in [-0.05, 0) is 45.6 Å². The monoisotopic (exact) mass is 285 g/mol. The molecule has 1 heterocycles. The molecule has 0 aromatic carbocycles. The van der Waals surface area contributed by atoms with Gasteiger partial charge in [0.2, 0.25) is 5.91 Å². The van der Waals surface area contributed by atoms with E-state index in [1.807, 2.05) is 4.90 Å². The average Bonchev–Trinajstić information content (AvgIpc) is 2.69. The SMILES string of the molecule is CCN(CC)CCCN1CCCN(C(=O)COC)CC1. The lowest BCUT2D eigenvalue weighted by Crippen LogP contribution is -2.37. The van der Waals surface area contributed by atoms with Crippen LogP contribution in [0, 0.1) is 0 Å². The quantitative estimate of drug-likeness (QED) is 0.664. The number of hydrogen-bond donors (Lipinski definition) is 0. The van der Waals surface area contributed by atoms with Crippen LogP contribution in [-0.4, -0.2) is 86.7 Å². The van der Waals surface area contributed by atoms with Gasteiger partial charge in [-0.1, -0.05) is 13.8 Å². The van der Waals surface area contributed by atoms with Crippen LogP contribution >= 0.6 is 0 Å². The minimum absolute atomic E-state index is 0.123. The first kappa shape index (κ1) is 17.4. The minimum atomic E-state index is 0.123. The van der Waals surface area contributed by atoms with Gasteiger partial charge in [0.15, 0.2) is 0 Å². The number of amides is 1. The smallest absolute Gasteiger partial charge is 0.248 e. The number of hydrogen-bond acceptors (Lipinski definition) is 4. The molecule has 5 nitrogen and oxygen atoms in total. The maximum Gasteiger partial charge on any atom is 0.248 e. The second-order valence-corrected chi connectivity index (χ2v) is 5.39. The second kappa shape index (κ2) is 10.1. The van der Waals surface area contributed by atoms with E-state index in [4.69, 9.17) is 4.74 Å². The summed E-state index contributed by atoms with van der Waals surface area (Å²) in [6.07, 6.45) is 2.29. The molecule has 0 aromatic heterocycles. The molecule has 0 aromatic rings. The third-order valence-electron chi connectivity index (χ3n) is 4.05. The summed E-state index contributed by atoms with van der Waals surface area (Å²) >= 11 is 0. The van der Waals surface area contributed by atoms with Crippen LogP contribution in [-0.2, 0) is 9.53 Å². The van der Waals surface area contributed by atoms with Crippen LogP contribution in [0.4, 0.5) is 0 Å². The van der Waals surface area contributed by atoms with Crippen molar-refractivity contribution in [1.29, 1.82) is 0 Å². The lowest BCUT2D eigenvalue weighted by molar-refractivity contribution is -0.135. The zero-order chi connectivity index (χ0) is 14.8. The van der Waals surface area contributed by atoms with E-state index < -0.39 is 0 Å². The third kappa shape index (κ3) is 6.20. The second-order valence-electron chi connectivity index (χ2n) is 5.39. The Morgan fingerprint density at radius 2 is 1.90 bits per heavy atom. The Morgan fingerprint density at radius 3 is 2.55 bits per heavy atom. The predicted molar refractivity (Wildman–Crippen MR) is 81.9 cm³/mol. The molecule has 0 spiro atoms. The Bertz CT molecular complexity index is 270. The molecule has 118 valence electrons. The van der Waals surface area contributed by atoms with Crippen LogP contribution in [0.3, 0.4) is 0 Å². The third-order valence-corrected chi connectivity index (χ3v) is 4.05. The van der Waals surface area contributed by atoms with E-state index in [-0.39, 0.29) is 12.5 Å². The molecule has 0 unspecified atom stereocenters. The Kier molecular flexibility index (Phi) is 8.82. The van der Waals surface area contributed by atoms with Crippen molar-refractivity contribution in [1.82, 2.24) is 14.7 Å². The molecule has 1 aliphatic rings. The van der Waals surface area contributed by atoms with Crippen molar-refractivity contribution in [2.45, 2.75) is 26.7 Å². The van der Waals surface area contributed by atoms with Crippen LogP contribution in [0.1, 0.15) is 26.7 Å². The Hall–Kier alpha value is -0.650. The number of methoxy groups -OCH3 is 1. The molecular formula is C15H31N3O2. The van der Waals surface area contributed by atoms with Gasteiger partial charge in [-0.2, -0.15) is 0 Å². The van der Waals surface area contributed by atoms with Crippen molar-refractivity contribution in [3.8, 4) is 0 Å². The number of carbonyl (C=O) groups excluding carboxylic acids is 1. The van der Waals surface area contributed by atoms with E-state index in [0.29, 0.717) is 0 Å². The fraction of sp³-hybridized carbons (Fsp3) is 0.933. The van der Waals surface area contributed by atoms with Gasteiger partial charge in [-0.15, -0.1) is 0 Å². The molecule has 20 heavy (non-hydrogen) atoms. The van der Waals surface area contributed by atoms with Crippen molar-refractivity contribution < 1.29 is 9.53 Å². The van der Waals surface area contributed by atoms with Gasteiger partial charge in [-0.3, -0.25) is 4.79 Å². The first-order valence-electron chi connectivity index (χ1n) is 7.92. The summed E-state index contributed by atoms with van der Waals surface area (Å²) in [6.45, 7) is 13.0. The van der Waals surface area contributed by atoms with Gasteiger partial charge in [-0.25, -0.2) is 0 Å². The normalized spacial score (nSPS) is 17.5. The molecule has 1 saturated heterocycles. The molecule has 0 aliphatic carbocycles. The summed E-state index contributed by atoms with van der Waals surface area (Å²) in [5.74, 6) is 0.123. The van der Waals surface area contributed by atoms with Gasteiger partial charge < -0.3 is 19.4 Å². The largest absolute Gasteiger partial charge is 0.375 e. The van der Waals surface area contributed by atoms with Crippen molar-refractivity contribution in [2.75, 3.05) is 66.1 Å². The standard InChI is InChI=1S/C15H31N3O2/c1-4-16(5-2)8-6-9-17-10-7-11-18(13-12-17)15(19)14-20-3/h4-14H2,1-3H3. The summed E-state index contributed by atoms with van der Waals surface area (Å²) < 4.78 is 4.93. The molecule has 1 aliphatic heterocycles. The van der Waals surface area contributed by atoms with Gasteiger partial charge >= 0.3 is 0 Å². The van der Waals surface area contributed by atoms with Crippen molar-refractivity contribution in [3.05, 3.63) is 0 Å². The Morgan fingerprint density at radius 1 is 1.15 bits per heavy atom. The Balaban J connectivity index is 2.24. The van der Waals surface area contributed by atoms with E-state index >= 15 is 0 Å². The topological polar surface area (TPSA) is 36.0 Å². The molecule has 0 bridgehead atoms. The summed E-state index contributed by atoms with van der Waals surface area (Å²) in [5.41, 5.74) is 0. The highest BCUT2D eigenvalue weighted by atomic mass is 16.5. The van der Waals surface area contributed by atoms with Gasteiger partial charge in [0.1, 0.15) is 6.61 Å². The molecule has 0 N–H and O–H groups in total. The van der Waals surface area contributed by atoms with Gasteiger partial charge in [0, 0.05) is 26.7 Å². The van der Waals surface area contributed by atoms with E-state index in [1.165, 1.54) is 13.0 Å². The number of rotatable bonds is 8. The van der Waals surface area contributed by atoms with E-state index in [1.54, 1.807) is 7.11 Å². The molecular weight excluding hydrogens is 254 g/mol. The molecule has 0 radical (unpaired) electrons. The van der Waals surface area contributed by atoms with Crippen molar-refractivity contribution >= 4 is 5.91 Å². The van der Waals surface area contributed by atoms with Crippen molar-refractivity contribution in [3.63, 3.8) is 0 Å². The highest BCUT2D eigenvalue weighted by Gasteiger charge is 2.18. The van der Waals surface area contributed by atoms with E-state index in [9.17, 15) is 4.79 Å². The zero-order valence-corrected chi connectivity index (χ0v) is 13.4. The van der Waals surface area contributed by atoms with Crippen LogP contribution in [0.2, 0.25) is 0 Å². The fourth-order valence-electron chi connectivity index (χ4n) is 2.72. The van der Waals surface area contributed by atoms with Gasteiger partial charge in [0.25, 0.3) is 0 Å². The predicted octanol–water partition coefficient (Wildman–Crippen LogP) is 0.899. The lowest BCUT2D eigenvalue weighted by Gasteiger charge is -2.23. The van der Waals surface area contributed by atoms with Crippen LogP contribution in [0.25, 0.3) is 0 Å². The summed E-state index contributed by atoms with van der Waals surface area (Å²) in [4.78, 5) is 18.7. The highest BCUT2D eigenvalue weighted by molar-refractivity contribution is 5.77. The molecule has 1 rings (SSSR count). The Labute approximate surface area is 123 Å². The fourth-order valence-corrected chi connectivity index (χ4v) is 2.72. The highest BCUT2D eigenvalue weighted by Crippen LogP contribution is 2.05. The van der Waals surface area contributed by atoms with Crippen LogP contribution in [0.5, 0.6) is 0 Å². The molecule has 0 atom stereocenters. The van der Waals surface area contributed by atoms with Crippen LogP contribution < -0.4 is 0 Å². The summed E-state index contributed by atoms with van der Waals surface area (Å²) in [6, 6.07) is 0. The average molecular weight is 285 g/mol. The lowest BCUT2D eigenvalue weighted by atomic mass is 10.3. The molecule has 0 saturated carbocycles. The maximum atomic E-state index is 11.8. The zero-order valence-electron chi connectivity index (χ0n) is 13.4. The maximum absolute atomic E-state index is 11.8. The first-order chi connectivity index (χ1) is 9.71. The summed E-state index contributed by atoms with van der Waals surface area (Å²) in [7, 11) is 1.58. The van der Waals surface area contributed by atoms with Gasteiger partial charge in [0.05, 0.1) is 0 Å². The van der Waals surface area contributed by atoms with Crippen LogP contribution in [0.15, 0.2) is 0 Å². The number of nitrogens with zero attached hydrogens (tertiary/aromatic N) is 3. The molecule has 1 fully saturated rings. The van der Waals surface area contributed by atoms with E-state index in [2.05, 4.69) is 23.6 Å².